The average molecular weight is 208 g/mol. The Balaban J connectivity index is 2.57. The van der Waals surface area contributed by atoms with Gasteiger partial charge in [-0.05, 0) is 18.0 Å². The summed E-state index contributed by atoms with van der Waals surface area (Å²) in [5.74, 6) is 0.693. The van der Waals surface area contributed by atoms with E-state index in [1.807, 2.05) is 19.3 Å². The van der Waals surface area contributed by atoms with Crippen LogP contribution in [0.3, 0.4) is 0 Å². The van der Waals surface area contributed by atoms with Crippen LogP contribution in [-0.4, -0.2) is 25.2 Å². The third-order valence-electron chi connectivity index (χ3n) is 2.20. The Labute approximate surface area is 91.9 Å². The lowest BCUT2D eigenvalue weighted by atomic mass is 9.88. The zero-order valence-electron chi connectivity index (χ0n) is 10.0. The lowest BCUT2D eigenvalue weighted by molar-refractivity contribution is 0.306. The minimum atomic E-state index is 0.149. The summed E-state index contributed by atoms with van der Waals surface area (Å²) in [7, 11) is 1.90. The number of aromatic nitrogens is 1. The average Bonchev–Trinajstić information content (AvgIpc) is 2.18. The topological polar surface area (TPSA) is 34.1 Å². The van der Waals surface area contributed by atoms with Crippen LogP contribution in [0.4, 0.5) is 0 Å². The van der Waals surface area contributed by atoms with Crippen molar-refractivity contribution in [2.75, 3.05) is 20.2 Å². The highest BCUT2D eigenvalue weighted by Gasteiger charge is 2.13. The number of hydrogen-bond donors (Lipinski definition) is 1. The molecule has 1 rings (SSSR count). The smallest absolute Gasteiger partial charge is 0.213 e. The highest BCUT2D eigenvalue weighted by Crippen LogP contribution is 2.22. The highest BCUT2D eigenvalue weighted by molar-refractivity contribution is 5.23. The second-order valence-electron chi connectivity index (χ2n) is 4.59. The van der Waals surface area contributed by atoms with Crippen molar-refractivity contribution in [2.45, 2.75) is 26.2 Å². The molecule has 0 saturated heterocycles. The van der Waals surface area contributed by atoms with Crippen LogP contribution in [0.25, 0.3) is 0 Å². The van der Waals surface area contributed by atoms with E-state index < -0.39 is 0 Å². The fraction of sp³-hybridized carbons (Fsp3) is 0.583. The molecular formula is C12H20N2O. The van der Waals surface area contributed by atoms with Crippen molar-refractivity contribution < 1.29 is 4.74 Å². The van der Waals surface area contributed by atoms with E-state index in [0.29, 0.717) is 12.5 Å². The number of nitrogens with one attached hydrogen (secondary N) is 1. The van der Waals surface area contributed by atoms with Crippen LogP contribution in [-0.2, 0) is 5.41 Å². The molecule has 3 nitrogen and oxygen atoms in total. The van der Waals surface area contributed by atoms with Crippen LogP contribution in [0.5, 0.6) is 5.88 Å². The first-order valence-corrected chi connectivity index (χ1v) is 5.28. The van der Waals surface area contributed by atoms with E-state index in [0.717, 1.165) is 6.54 Å². The summed E-state index contributed by atoms with van der Waals surface area (Å²) in [6, 6.07) is 4.00. The predicted octanol–water partition coefficient (Wildman–Crippen LogP) is 1.98. The molecule has 0 radical (unpaired) electrons. The summed E-state index contributed by atoms with van der Waals surface area (Å²) in [6.07, 6.45) is 1.88. The van der Waals surface area contributed by atoms with Gasteiger partial charge in [-0.1, -0.05) is 26.8 Å². The van der Waals surface area contributed by atoms with Crippen LogP contribution in [0.2, 0.25) is 0 Å². The van der Waals surface area contributed by atoms with Gasteiger partial charge < -0.3 is 10.1 Å². The van der Waals surface area contributed by atoms with E-state index in [1.54, 1.807) is 0 Å². The highest BCUT2D eigenvalue weighted by atomic mass is 16.5. The Kier molecular flexibility index (Phi) is 4.09. The summed E-state index contributed by atoms with van der Waals surface area (Å²) in [6.45, 7) is 8.00. The van der Waals surface area contributed by atoms with Gasteiger partial charge in [0, 0.05) is 18.8 Å². The first kappa shape index (κ1) is 12.0. The van der Waals surface area contributed by atoms with E-state index in [1.165, 1.54) is 5.56 Å². The van der Waals surface area contributed by atoms with Crippen LogP contribution >= 0.6 is 0 Å². The van der Waals surface area contributed by atoms with Gasteiger partial charge in [-0.2, -0.15) is 0 Å². The molecule has 1 N–H and O–H groups in total. The number of nitrogens with zero attached hydrogens (tertiary/aromatic N) is 1. The normalized spacial score (nSPS) is 11.5. The Morgan fingerprint density at radius 2 is 2.07 bits per heavy atom. The van der Waals surface area contributed by atoms with Crippen molar-refractivity contribution in [3.8, 4) is 5.88 Å². The van der Waals surface area contributed by atoms with Gasteiger partial charge in [0.25, 0.3) is 0 Å². The first-order valence-electron chi connectivity index (χ1n) is 5.28. The molecule has 0 atom stereocenters. The van der Waals surface area contributed by atoms with Gasteiger partial charge in [-0.15, -0.1) is 0 Å². The Hall–Kier alpha value is -1.09. The standard InChI is InChI=1S/C12H20N2O/c1-12(2,3)10-5-6-11(14-9-10)15-8-7-13-4/h5-6,9,13H,7-8H2,1-4H3. The Bertz CT molecular complexity index is 287. The molecule has 0 aliphatic rings. The molecule has 0 aliphatic heterocycles. The van der Waals surface area contributed by atoms with Crippen molar-refractivity contribution in [2.24, 2.45) is 0 Å². The summed E-state index contributed by atoms with van der Waals surface area (Å²) < 4.78 is 5.44. The maximum atomic E-state index is 5.44. The third-order valence-corrected chi connectivity index (χ3v) is 2.20. The molecule has 1 aromatic heterocycles. The Morgan fingerprint density at radius 1 is 1.33 bits per heavy atom. The summed E-state index contributed by atoms with van der Waals surface area (Å²) >= 11 is 0. The molecule has 0 aliphatic carbocycles. The maximum absolute atomic E-state index is 5.44. The van der Waals surface area contributed by atoms with E-state index in [4.69, 9.17) is 4.74 Å². The maximum Gasteiger partial charge on any atom is 0.213 e. The summed E-state index contributed by atoms with van der Waals surface area (Å²) in [5, 5.41) is 3.02. The van der Waals surface area contributed by atoms with Crippen molar-refractivity contribution in [1.82, 2.24) is 10.3 Å². The van der Waals surface area contributed by atoms with Crippen LogP contribution in [0.15, 0.2) is 18.3 Å². The Morgan fingerprint density at radius 3 is 2.53 bits per heavy atom. The molecular weight excluding hydrogens is 188 g/mol. The molecule has 0 saturated carbocycles. The summed E-state index contributed by atoms with van der Waals surface area (Å²) in [4.78, 5) is 4.27. The molecule has 84 valence electrons. The SMILES string of the molecule is CNCCOc1ccc(C(C)(C)C)cn1. The zero-order chi connectivity index (χ0) is 11.3. The molecule has 0 unspecified atom stereocenters. The number of likely N-dealkylation sites (N-methyl/N-ethyl adjacent to an activating group) is 1. The number of hydrogen-bond acceptors (Lipinski definition) is 3. The molecule has 0 bridgehead atoms. The number of ether oxygens (including phenoxy) is 1. The number of pyridine rings is 1. The lowest BCUT2D eigenvalue weighted by Crippen LogP contribution is -2.16. The van der Waals surface area contributed by atoms with Gasteiger partial charge in [0.05, 0.1) is 0 Å². The third kappa shape index (κ3) is 3.88. The van der Waals surface area contributed by atoms with E-state index in [2.05, 4.69) is 37.1 Å². The number of rotatable bonds is 4. The minimum Gasteiger partial charge on any atom is -0.476 e. The van der Waals surface area contributed by atoms with Gasteiger partial charge in [0.1, 0.15) is 6.61 Å². The fourth-order valence-electron chi connectivity index (χ4n) is 1.17. The molecule has 3 heteroatoms. The van der Waals surface area contributed by atoms with Crippen LogP contribution < -0.4 is 10.1 Å². The first-order chi connectivity index (χ1) is 7.04. The van der Waals surface area contributed by atoms with E-state index in [-0.39, 0.29) is 5.41 Å². The molecule has 0 amide bonds. The van der Waals surface area contributed by atoms with Crippen molar-refractivity contribution >= 4 is 0 Å². The van der Waals surface area contributed by atoms with Crippen LogP contribution in [0.1, 0.15) is 26.3 Å². The van der Waals surface area contributed by atoms with Crippen LogP contribution in [0, 0.1) is 0 Å². The molecule has 1 heterocycles. The minimum absolute atomic E-state index is 0.149. The fourth-order valence-corrected chi connectivity index (χ4v) is 1.17. The van der Waals surface area contributed by atoms with E-state index in [9.17, 15) is 0 Å². The zero-order valence-corrected chi connectivity index (χ0v) is 10.0. The monoisotopic (exact) mass is 208 g/mol. The van der Waals surface area contributed by atoms with Crippen molar-refractivity contribution in [1.29, 1.82) is 0 Å². The lowest BCUT2D eigenvalue weighted by Gasteiger charge is -2.18. The van der Waals surface area contributed by atoms with Crippen molar-refractivity contribution in [3.63, 3.8) is 0 Å². The quantitative estimate of drug-likeness (QED) is 0.768. The largest absolute Gasteiger partial charge is 0.476 e. The van der Waals surface area contributed by atoms with Gasteiger partial charge in [0.15, 0.2) is 0 Å². The molecule has 15 heavy (non-hydrogen) atoms. The summed E-state index contributed by atoms with van der Waals surface area (Å²) in [5.41, 5.74) is 1.37. The molecule has 1 aromatic rings. The van der Waals surface area contributed by atoms with Gasteiger partial charge in [-0.25, -0.2) is 4.98 Å². The van der Waals surface area contributed by atoms with Crippen molar-refractivity contribution in [3.05, 3.63) is 23.9 Å². The van der Waals surface area contributed by atoms with E-state index >= 15 is 0 Å². The van der Waals surface area contributed by atoms with Gasteiger partial charge in [-0.3, -0.25) is 0 Å². The molecule has 0 spiro atoms. The second kappa shape index (κ2) is 5.12. The predicted molar refractivity (Wildman–Crippen MR) is 62.4 cm³/mol. The molecule has 0 fully saturated rings. The van der Waals surface area contributed by atoms with Gasteiger partial charge in [0.2, 0.25) is 5.88 Å². The molecule has 0 aromatic carbocycles. The van der Waals surface area contributed by atoms with Gasteiger partial charge >= 0.3 is 0 Å². The second-order valence-corrected chi connectivity index (χ2v) is 4.59.